The van der Waals surface area contributed by atoms with Gasteiger partial charge in [-0.2, -0.15) is 5.10 Å². The molecule has 4 rings (SSSR count). The largest absolute Gasteiger partial charge is 0.452 e. The van der Waals surface area contributed by atoms with E-state index in [-0.39, 0.29) is 5.91 Å². The smallest absolute Gasteiger partial charge is 0.274 e. The number of para-hydroxylation sites is 1. The van der Waals surface area contributed by atoms with Crippen LogP contribution in [-0.2, 0) is 19.4 Å². The van der Waals surface area contributed by atoms with Crippen LogP contribution in [0.4, 0.5) is 0 Å². The maximum absolute atomic E-state index is 13.0. The normalized spacial score (nSPS) is 13.0. The van der Waals surface area contributed by atoms with Gasteiger partial charge in [-0.25, -0.2) is 4.68 Å². The van der Waals surface area contributed by atoms with Crippen molar-refractivity contribution in [1.29, 1.82) is 0 Å². The average molecular weight is 414 g/mol. The lowest BCUT2D eigenvalue weighted by atomic mass is 10.1. The molecular weight excluding hydrogens is 394 g/mol. The molecule has 1 aliphatic rings. The van der Waals surface area contributed by atoms with Gasteiger partial charge in [0.2, 0.25) is 0 Å². The van der Waals surface area contributed by atoms with Crippen molar-refractivity contribution in [2.45, 2.75) is 32.7 Å². The lowest BCUT2D eigenvalue weighted by Gasteiger charge is -2.15. The summed E-state index contributed by atoms with van der Waals surface area (Å²) >= 11 is 3.29. The van der Waals surface area contributed by atoms with Crippen LogP contribution in [0.2, 0.25) is 0 Å². The topological polar surface area (TPSA) is 51.3 Å². The fourth-order valence-electron chi connectivity index (χ4n) is 3.53. The quantitative estimate of drug-likeness (QED) is 0.640. The van der Waals surface area contributed by atoms with Gasteiger partial charge in [0.1, 0.15) is 5.76 Å². The molecule has 0 fully saturated rings. The second kappa shape index (κ2) is 6.76. The Bertz CT molecular complexity index is 973. The molecule has 0 saturated heterocycles. The third kappa shape index (κ3) is 2.98. The van der Waals surface area contributed by atoms with Crippen LogP contribution in [0.5, 0.6) is 0 Å². The van der Waals surface area contributed by atoms with Crippen LogP contribution in [0, 0.1) is 6.92 Å². The lowest BCUT2D eigenvalue weighted by molar-refractivity contribution is 0.0767. The van der Waals surface area contributed by atoms with Crippen molar-refractivity contribution in [2.75, 3.05) is 7.05 Å². The minimum absolute atomic E-state index is 0.0667. The van der Waals surface area contributed by atoms with Crippen molar-refractivity contribution in [1.82, 2.24) is 14.7 Å². The zero-order valence-electron chi connectivity index (χ0n) is 14.8. The molecule has 26 heavy (non-hydrogen) atoms. The number of aromatic nitrogens is 2. The fourth-order valence-corrected chi connectivity index (χ4v) is 3.87. The van der Waals surface area contributed by atoms with Crippen LogP contribution in [0.25, 0.3) is 5.69 Å². The number of amides is 1. The second-order valence-corrected chi connectivity index (χ2v) is 7.47. The molecule has 0 spiro atoms. The number of benzene rings is 1. The molecule has 5 nitrogen and oxygen atoms in total. The first-order chi connectivity index (χ1) is 12.5. The highest BCUT2D eigenvalue weighted by Gasteiger charge is 2.29. The van der Waals surface area contributed by atoms with Crippen LogP contribution in [0.1, 0.15) is 39.5 Å². The number of aryl methyl sites for hydroxylation is 1. The van der Waals surface area contributed by atoms with Gasteiger partial charge in [0, 0.05) is 18.3 Å². The summed E-state index contributed by atoms with van der Waals surface area (Å²) < 4.78 is 8.15. The number of nitrogens with zero attached hydrogens (tertiary/aromatic N) is 3. The Balaban J connectivity index is 1.68. The average Bonchev–Trinajstić information content (AvgIpc) is 3.32. The van der Waals surface area contributed by atoms with Gasteiger partial charge in [0.15, 0.2) is 10.4 Å². The highest BCUT2D eigenvalue weighted by Crippen LogP contribution is 2.29. The van der Waals surface area contributed by atoms with Crippen molar-refractivity contribution in [3.05, 3.63) is 69.3 Å². The zero-order valence-corrected chi connectivity index (χ0v) is 16.4. The molecule has 0 N–H and O–H groups in total. The van der Waals surface area contributed by atoms with Gasteiger partial charge in [-0.1, -0.05) is 18.2 Å². The second-order valence-electron chi connectivity index (χ2n) is 6.69. The monoisotopic (exact) mass is 413 g/mol. The Morgan fingerprint density at radius 1 is 1.27 bits per heavy atom. The zero-order chi connectivity index (χ0) is 18.3. The molecule has 0 radical (unpaired) electrons. The van der Waals surface area contributed by atoms with Crippen LogP contribution >= 0.6 is 15.9 Å². The van der Waals surface area contributed by atoms with E-state index in [1.54, 1.807) is 11.9 Å². The van der Waals surface area contributed by atoms with E-state index in [1.165, 1.54) is 0 Å². The van der Waals surface area contributed by atoms with Crippen molar-refractivity contribution >= 4 is 21.8 Å². The molecule has 0 unspecified atom stereocenters. The number of carbonyl (C=O) groups is 1. The number of furan rings is 1. The van der Waals surface area contributed by atoms with Gasteiger partial charge >= 0.3 is 0 Å². The fraction of sp³-hybridized carbons (Fsp3) is 0.300. The molecule has 3 aromatic rings. The number of hydrogen-bond acceptors (Lipinski definition) is 3. The minimum Gasteiger partial charge on any atom is -0.452 e. The van der Waals surface area contributed by atoms with E-state index in [0.29, 0.717) is 16.9 Å². The van der Waals surface area contributed by atoms with Gasteiger partial charge < -0.3 is 9.32 Å². The summed E-state index contributed by atoms with van der Waals surface area (Å²) in [5.41, 5.74) is 5.01. The van der Waals surface area contributed by atoms with E-state index in [1.807, 2.05) is 28.9 Å². The molecule has 0 atom stereocenters. The summed E-state index contributed by atoms with van der Waals surface area (Å²) in [4.78, 5) is 14.7. The van der Waals surface area contributed by atoms with Gasteiger partial charge in [0.05, 0.1) is 12.2 Å². The SMILES string of the molecule is Cc1ccccc1-n1nc(C(=O)N(C)Cc2ccc(Br)o2)c2c1CCC2. The number of fused-ring (bicyclic) bond motifs is 1. The predicted octanol–water partition coefficient (Wildman–Crippen LogP) is 4.30. The van der Waals surface area contributed by atoms with Crippen molar-refractivity contribution in [3.8, 4) is 5.69 Å². The van der Waals surface area contributed by atoms with Crippen molar-refractivity contribution in [3.63, 3.8) is 0 Å². The van der Waals surface area contributed by atoms with Gasteiger partial charge in [-0.3, -0.25) is 4.79 Å². The molecule has 0 saturated carbocycles. The third-order valence-corrected chi connectivity index (χ3v) is 5.27. The molecular formula is C20H20BrN3O2. The third-order valence-electron chi connectivity index (χ3n) is 4.84. The van der Waals surface area contributed by atoms with Gasteiger partial charge in [-0.15, -0.1) is 0 Å². The standard InChI is InChI=1S/C20H20BrN3O2/c1-13-6-3-4-8-16(13)24-17-9-5-7-15(17)19(22-24)20(25)23(2)12-14-10-11-18(21)26-14/h3-4,6,8,10-11H,5,7,9,12H2,1-2H3. The van der Waals surface area contributed by atoms with E-state index in [0.717, 1.165) is 47.5 Å². The molecule has 1 amide bonds. The van der Waals surface area contributed by atoms with Crippen LogP contribution in [-0.4, -0.2) is 27.6 Å². The van der Waals surface area contributed by atoms with E-state index >= 15 is 0 Å². The highest BCUT2D eigenvalue weighted by molar-refractivity contribution is 9.10. The Hall–Kier alpha value is -2.34. The highest BCUT2D eigenvalue weighted by atomic mass is 79.9. The van der Waals surface area contributed by atoms with E-state index in [4.69, 9.17) is 9.52 Å². The Morgan fingerprint density at radius 2 is 2.08 bits per heavy atom. The lowest BCUT2D eigenvalue weighted by Crippen LogP contribution is -2.27. The summed E-state index contributed by atoms with van der Waals surface area (Å²) in [6, 6.07) is 11.8. The first-order valence-corrected chi connectivity index (χ1v) is 9.50. The summed E-state index contributed by atoms with van der Waals surface area (Å²) in [5, 5.41) is 4.72. The predicted molar refractivity (Wildman–Crippen MR) is 103 cm³/mol. The summed E-state index contributed by atoms with van der Waals surface area (Å²) in [7, 11) is 1.78. The van der Waals surface area contributed by atoms with E-state index in [2.05, 4.69) is 35.0 Å². The Kier molecular flexibility index (Phi) is 4.44. The van der Waals surface area contributed by atoms with Crippen LogP contribution < -0.4 is 0 Å². The number of carbonyl (C=O) groups excluding carboxylic acids is 1. The van der Waals surface area contributed by atoms with E-state index < -0.39 is 0 Å². The van der Waals surface area contributed by atoms with Crippen LogP contribution in [0.15, 0.2) is 45.5 Å². The number of rotatable bonds is 4. The molecule has 2 aromatic heterocycles. The maximum atomic E-state index is 13.0. The Labute approximate surface area is 160 Å². The number of halogens is 1. The molecule has 0 aliphatic heterocycles. The number of hydrogen-bond donors (Lipinski definition) is 0. The molecule has 1 aliphatic carbocycles. The molecule has 2 heterocycles. The van der Waals surface area contributed by atoms with Crippen molar-refractivity contribution in [2.24, 2.45) is 0 Å². The van der Waals surface area contributed by atoms with Gasteiger partial charge in [0.25, 0.3) is 5.91 Å². The molecule has 1 aromatic carbocycles. The summed E-state index contributed by atoms with van der Waals surface area (Å²) in [5.74, 6) is 0.672. The molecule has 134 valence electrons. The van der Waals surface area contributed by atoms with Crippen molar-refractivity contribution < 1.29 is 9.21 Å². The first kappa shape index (κ1) is 17.1. The first-order valence-electron chi connectivity index (χ1n) is 8.71. The minimum atomic E-state index is -0.0667. The molecule has 0 bridgehead atoms. The van der Waals surface area contributed by atoms with Crippen LogP contribution in [0.3, 0.4) is 0 Å². The maximum Gasteiger partial charge on any atom is 0.274 e. The summed E-state index contributed by atoms with van der Waals surface area (Å²) in [6.07, 6.45) is 2.93. The van der Waals surface area contributed by atoms with Gasteiger partial charge in [-0.05, 0) is 65.9 Å². The summed E-state index contributed by atoms with van der Waals surface area (Å²) in [6.45, 7) is 2.48. The molecule has 6 heteroatoms. The Morgan fingerprint density at radius 3 is 2.81 bits per heavy atom. The van der Waals surface area contributed by atoms with E-state index in [9.17, 15) is 4.79 Å².